The number of sulfonamides is 1. The monoisotopic (exact) mass is 432 g/mol. The van der Waals surface area contributed by atoms with Gasteiger partial charge < -0.3 is 5.32 Å². The molecule has 2 aromatic carbocycles. The zero-order chi connectivity index (χ0) is 21.7. The molecule has 1 aliphatic heterocycles. The number of nitrogens with zero attached hydrogens (tertiary/aromatic N) is 1. The van der Waals surface area contributed by atoms with Gasteiger partial charge in [0.1, 0.15) is 10.7 Å². The average Bonchev–Trinajstić information content (AvgIpc) is 2.74. The number of carbonyl (C=O) groups excluding carboxylic acids is 1. The van der Waals surface area contributed by atoms with Gasteiger partial charge >= 0.3 is 0 Å². The number of piperidine rings is 1. The Labute approximate surface area is 178 Å². The van der Waals surface area contributed by atoms with Gasteiger partial charge in [-0.3, -0.25) is 4.79 Å². The molecule has 2 aromatic rings. The van der Waals surface area contributed by atoms with Crippen LogP contribution in [0.4, 0.5) is 4.39 Å². The lowest BCUT2D eigenvalue weighted by molar-refractivity contribution is -0.127. The fraction of sp³-hybridized carbons (Fsp3) is 0.435. The van der Waals surface area contributed by atoms with E-state index in [1.807, 2.05) is 30.3 Å². The summed E-state index contributed by atoms with van der Waals surface area (Å²) in [5.74, 6) is -0.636. The topological polar surface area (TPSA) is 66.5 Å². The van der Waals surface area contributed by atoms with Gasteiger partial charge in [0.15, 0.2) is 0 Å². The largest absolute Gasteiger partial charge is 0.349 e. The molecule has 1 fully saturated rings. The minimum absolute atomic E-state index is 0.0487. The zero-order valence-electron chi connectivity index (χ0n) is 17.4. The molecule has 0 aromatic heterocycles. The smallest absolute Gasteiger partial charge is 0.245 e. The molecule has 3 rings (SSSR count). The van der Waals surface area contributed by atoms with Crippen LogP contribution >= 0.6 is 0 Å². The maximum atomic E-state index is 14.0. The highest BCUT2D eigenvalue weighted by Crippen LogP contribution is 2.27. The molecule has 162 valence electrons. The van der Waals surface area contributed by atoms with E-state index in [2.05, 4.69) is 19.2 Å². The number of benzene rings is 2. The van der Waals surface area contributed by atoms with Crippen molar-refractivity contribution in [2.24, 2.45) is 11.8 Å². The van der Waals surface area contributed by atoms with E-state index >= 15 is 0 Å². The second kappa shape index (κ2) is 9.71. The number of carbonyl (C=O) groups is 1. The second-order valence-corrected chi connectivity index (χ2v) is 10.1. The lowest BCUT2D eigenvalue weighted by Crippen LogP contribution is -2.44. The minimum Gasteiger partial charge on any atom is -0.349 e. The quantitative estimate of drug-likeness (QED) is 0.715. The van der Waals surface area contributed by atoms with Gasteiger partial charge in [0.25, 0.3) is 0 Å². The Bertz CT molecular complexity index is 955. The molecule has 7 heteroatoms. The normalized spacial score (nSPS) is 17.1. The lowest BCUT2D eigenvalue weighted by atomic mass is 9.93. The van der Waals surface area contributed by atoms with Crippen LogP contribution in [-0.2, 0) is 14.8 Å². The number of halogens is 1. The lowest BCUT2D eigenvalue weighted by Gasteiger charge is -2.32. The van der Waals surface area contributed by atoms with Gasteiger partial charge in [0.2, 0.25) is 15.9 Å². The highest BCUT2D eigenvalue weighted by molar-refractivity contribution is 7.89. The summed E-state index contributed by atoms with van der Waals surface area (Å²) in [6, 6.07) is 15.2. The van der Waals surface area contributed by atoms with Gasteiger partial charge in [-0.25, -0.2) is 12.8 Å². The van der Waals surface area contributed by atoms with Crippen molar-refractivity contribution in [3.63, 3.8) is 0 Å². The molecule has 0 bridgehead atoms. The Hall–Kier alpha value is -2.25. The van der Waals surface area contributed by atoms with Crippen molar-refractivity contribution in [1.82, 2.24) is 9.62 Å². The molecule has 5 nitrogen and oxygen atoms in total. The molecule has 1 N–H and O–H groups in total. The van der Waals surface area contributed by atoms with E-state index in [1.54, 1.807) is 0 Å². The maximum Gasteiger partial charge on any atom is 0.245 e. The number of hydrogen-bond donors (Lipinski definition) is 1. The van der Waals surface area contributed by atoms with Crippen molar-refractivity contribution in [1.29, 1.82) is 0 Å². The van der Waals surface area contributed by atoms with E-state index < -0.39 is 15.8 Å². The summed E-state index contributed by atoms with van der Waals surface area (Å²) in [7, 11) is -3.90. The Morgan fingerprint density at radius 1 is 1.07 bits per heavy atom. The molecule has 30 heavy (non-hydrogen) atoms. The van der Waals surface area contributed by atoms with Crippen molar-refractivity contribution >= 4 is 15.9 Å². The van der Waals surface area contributed by atoms with Gasteiger partial charge in [-0.1, -0.05) is 56.3 Å². The van der Waals surface area contributed by atoms with Gasteiger partial charge in [0.05, 0.1) is 6.04 Å². The molecule has 1 unspecified atom stereocenters. The predicted molar refractivity (Wildman–Crippen MR) is 115 cm³/mol. The van der Waals surface area contributed by atoms with Gasteiger partial charge in [-0.15, -0.1) is 0 Å². The first-order valence-corrected chi connectivity index (χ1v) is 11.8. The van der Waals surface area contributed by atoms with Gasteiger partial charge in [0, 0.05) is 19.0 Å². The molecule has 1 amide bonds. The highest BCUT2D eigenvalue weighted by atomic mass is 32.2. The minimum atomic E-state index is -3.90. The van der Waals surface area contributed by atoms with E-state index in [1.165, 1.54) is 22.5 Å². The average molecular weight is 433 g/mol. The first-order chi connectivity index (χ1) is 14.3. The Kier molecular flexibility index (Phi) is 7.26. The van der Waals surface area contributed by atoms with E-state index in [-0.39, 0.29) is 35.9 Å². The molecule has 1 saturated heterocycles. The third-order valence-corrected chi connectivity index (χ3v) is 7.44. The predicted octanol–water partition coefficient (Wildman–Crippen LogP) is 4.13. The first-order valence-electron chi connectivity index (χ1n) is 10.4. The van der Waals surface area contributed by atoms with Crippen molar-refractivity contribution in [2.45, 2.75) is 44.0 Å². The van der Waals surface area contributed by atoms with Gasteiger partial charge in [-0.05, 0) is 42.9 Å². The van der Waals surface area contributed by atoms with Crippen LogP contribution in [0.15, 0.2) is 59.5 Å². The molecule has 0 aliphatic carbocycles. The third kappa shape index (κ3) is 5.26. The summed E-state index contributed by atoms with van der Waals surface area (Å²) in [5, 5.41) is 3.16. The Morgan fingerprint density at radius 3 is 2.27 bits per heavy atom. The molecular formula is C23H29FN2O3S. The van der Waals surface area contributed by atoms with Crippen molar-refractivity contribution in [2.75, 3.05) is 13.1 Å². The van der Waals surface area contributed by atoms with Crippen molar-refractivity contribution in [3.8, 4) is 0 Å². The van der Waals surface area contributed by atoms with Crippen LogP contribution in [0, 0.1) is 17.7 Å². The SMILES string of the molecule is CC(C)CC(NC(=O)C1CCN(S(=O)(=O)c2ccccc2F)CC1)c1ccccc1. The molecule has 1 heterocycles. The first kappa shape index (κ1) is 22.4. The number of hydrogen-bond acceptors (Lipinski definition) is 3. The van der Waals surface area contributed by atoms with E-state index in [0.717, 1.165) is 18.1 Å². The Morgan fingerprint density at radius 2 is 1.67 bits per heavy atom. The summed E-state index contributed by atoms with van der Waals surface area (Å²) in [6.07, 6.45) is 1.67. The van der Waals surface area contributed by atoms with Crippen molar-refractivity contribution < 1.29 is 17.6 Å². The molecule has 0 spiro atoms. The molecular weight excluding hydrogens is 403 g/mol. The van der Waals surface area contributed by atoms with Crippen LogP contribution < -0.4 is 5.32 Å². The van der Waals surface area contributed by atoms with Crippen LogP contribution in [0.5, 0.6) is 0 Å². The Balaban J connectivity index is 1.64. The summed E-state index contributed by atoms with van der Waals surface area (Å²) in [6.45, 7) is 4.65. The van der Waals surface area contributed by atoms with Crippen LogP contribution in [0.25, 0.3) is 0 Å². The van der Waals surface area contributed by atoms with Crippen LogP contribution in [0.1, 0.15) is 44.7 Å². The summed E-state index contributed by atoms with van der Waals surface area (Å²) in [5.41, 5.74) is 1.07. The summed E-state index contributed by atoms with van der Waals surface area (Å²) in [4.78, 5) is 12.6. The second-order valence-electron chi connectivity index (χ2n) is 8.21. The van der Waals surface area contributed by atoms with Crippen LogP contribution in [0.2, 0.25) is 0 Å². The highest BCUT2D eigenvalue weighted by Gasteiger charge is 2.34. The molecule has 1 aliphatic rings. The number of nitrogens with one attached hydrogen (secondary N) is 1. The fourth-order valence-corrected chi connectivity index (χ4v) is 5.41. The zero-order valence-corrected chi connectivity index (χ0v) is 18.2. The van der Waals surface area contributed by atoms with E-state index in [0.29, 0.717) is 18.8 Å². The molecule has 1 atom stereocenters. The van der Waals surface area contributed by atoms with Crippen LogP contribution in [-0.4, -0.2) is 31.7 Å². The van der Waals surface area contributed by atoms with E-state index in [4.69, 9.17) is 0 Å². The van der Waals surface area contributed by atoms with Crippen LogP contribution in [0.3, 0.4) is 0 Å². The van der Waals surface area contributed by atoms with E-state index in [9.17, 15) is 17.6 Å². The standard InChI is InChI=1S/C23H29FN2O3S/c1-17(2)16-21(18-8-4-3-5-9-18)25-23(27)19-12-14-26(15-13-19)30(28,29)22-11-7-6-10-20(22)24/h3-11,17,19,21H,12-16H2,1-2H3,(H,25,27). The molecule has 0 radical (unpaired) electrons. The summed E-state index contributed by atoms with van der Waals surface area (Å²) >= 11 is 0. The van der Waals surface area contributed by atoms with Gasteiger partial charge in [-0.2, -0.15) is 4.31 Å². The van der Waals surface area contributed by atoms with Crippen molar-refractivity contribution in [3.05, 3.63) is 66.0 Å². The fourth-order valence-electron chi connectivity index (χ4n) is 3.88. The third-order valence-electron chi connectivity index (χ3n) is 5.50. The maximum absolute atomic E-state index is 14.0. The molecule has 0 saturated carbocycles. The summed E-state index contributed by atoms with van der Waals surface area (Å²) < 4.78 is 40.8. The number of rotatable bonds is 7. The number of amides is 1.